The van der Waals surface area contributed by atoms with E-state index in [1.807, 2.05) is 43.7 Å². The molecule has 0 radical (unpaired) electrons. The molecule has 146 valence electrons. The lowest BCUT2D eigenvalue weighted by molar-refractivity contribution is -0.128. The van der Waals surface area contributed by atoms with Gasteiger partial charge in [0.1, 0.15) is 0 Å². The lowest BCUT2D eigenvalue weighted by atomic mass is 9.90. The summed E-state index contributed by atoms with van der Waals surface area (Å²) in [5.74, 6) is 0.0500. The number of nitrogens with one attached hydrogen (secondary N) is 2. The Morgan fingerprint density at radius 1 is 1.26 bits per heavy atom. The van der Waals surface area contributed by atoms with Crippen molar-refractivity contribution < 1.29 is 9.59 Å². The Morgan fingerprint density at radius 2 is 1.96 bits per heavy atom. The minimum absolute atomic E-state index is 0. The van der Waals surface area contributed by atoms with Crippen LogP contribution in [0.5, 0.6) is 0 Å². The van der Waals surface area contributed by atoms with Crippen molar-refractivity contribution in [1.82, 2.24) is 20.0 Å². The number of carbonyl (C=O) groups is 2. The highest BCUT2D eigenvalue weighted by Gasteiger charge is 2.34. The summed E-state index contributed by atoms with van der Waals surface area (Å²) in [4.78, 5) is 26.1. The summed E-state index contributed by atoms with van der Waals surface area (Å²) in [6.07, 6.45) is 4.15. The zero-order chi connectivity index (χ0) is 18.7. The molecule has 0 aliphatic carbocycles. The van der Waals surface area contributed by atoms with Crippen LogP contribution in [0.4, 0.5) is 5.69 Å². The van der Waals surface area contributed by atoms with Crippen molar-refractivity contribution in [3.05, 3.63) is 47.8 Å². The normalized spacial score (nSPS) is 18.6. The van der Waals surface area contributed by atoms with Crippen LogP contribution in [0.2, 0.25) is 0 Å². The molecule has 1 aliphatic rings. The highest BCUT2D eigenvalue weighted by molar-refractivity contribution is 5.93. The number of aryl methyl sites for hydroxylation is 1. The van der Waals surface area contributed by atoms with Crippen molar-refractivity contribution in [1.29, 1.82) is 0 Å². The number of anilines is 1. The number of likely N-dealkylation sites (N-methyl/N-ethyl adjacent to an activating group) is 1. The van der Waals surface area contributed by atoms with Gasteiger partial charge in [-0.1, -0.05) is 12.1 Å². The van der Waals surface area contributed by atoms with Gasteiger partial charge in [-0.15, -0.1) is 12.4 Å². The third-order valence-electron chi connectivity index (χ3n) is 4.78. The van der Waals surface area contributed by atoms with Crippen molar-refractivity contribution in [2.24, 2.45) is 13.0 Å². The number of aromatic nitrogens is 2. The van der Waals surface area contributed by atoms with Gasteiger partial charge < -0.3 is 15.5 Å². The Morgan fingerprint density at radius 3 is 2.56 bits per heavy atom. The van der Waals surface area contributed by atoms with E-state index in [1.165, 1.54) is 0 Å². The van der Waals surface area contributed by atoms with Crippen molar-refractivity contribution in [3.63, 3.8) is 0 Å². The maximum absolute atomic E-state index is 12.7. The fraction of sp³-hybridized carbons (Fsp3) is 0.421. The van der Waals surface area contributed by atoms with Gasteiger partial charge >= 0.3 is 0 Å². The third-order valence-corrected chi connectivity index (χ3v) is 4.78. The van der Waals surface area contributed by atoms with E-state index < -0.39 is 0 Å². The quantitative estimate of drug-likeness (QED) is 0.807. The highest BCUT2D eigenvalue weighted by atomic mass is 35.5. The summed E-state index contributed by atoms with van der Waals surface area (Å²) < 4.78 is 1.76. The smallest absolute Gasteiger partial charge is 0.229 e. The molecule has 2 N–H and O–H groups in total. The number of hydrogen-bond donors (Lipinski definition) is 2. The van der Waals surface area contributed by atoms with Crippen LogP contribution in [0, 0.1) is 5.92 Å². The molecule has 0 spiro atoms. The summed E-state index contributed by atoms with van der Waals surface area (Å²) in [6, 6.07) is 7.44. The van der Waals surface area contributed by atoms with Gasteiger partial charge in [0.25, 0.3) is 0 Å². The number of benzene rings is 1. The van der Waals surface area contributed by atoms with E-state index in [1.54, 1.807) is 23.7 Å². The van der Waals surface area contributed by atoms with E-state index in [0.717, 1.165) is 23.4 Å². The van der Waals surface area contributed by atoms with Crippen LogP contribution in [-0.2, 0) is 23.1 Å². The van der Waals surface area contributed by atoms with Gasteiger partial charge in [0, 0.05) is 52.0 Å². The molecule has 0 unspecified atom stereocenters. The molecular weight excluding hydrogens is 366 g/mol. The lowest BCUT2D eigenvalue weighted by Gasteiger charge is -2.17. The highest BCUT2D eigenvalue weighted by Crippen LogP contribution is 2.28. The van der Waals surface area contributed by atoms with E-state index >= 15 is 0 Å². The fourth-order valence-corrected chi connectivity index (χ4v) is 3.21. The van der Waals surface area contributed by atoms with E-state index in [-0.39, 0.29) is 36.1 Å². The molecule has 27 heavy (non-hydrogen) atoms. The molecule has 3 rings (SSSR count). The molecule has 1 saturated heterocycles. The number of carbonyl (C=O) groups excluding carboxylic acids is 2. The van der Waals surface area contributed by atoms with E-state index in [2.05, 4.69) is 15.7 Å². The molecular formula is C19H26ClN5O2. The first-order chi connectivity index (χ1) is 12.4. The topological polar surface area (TPSA) is 79.3 Å². The minimum atomic E-state index is -0.130. The second-order valence-electron chi connectivity index (χ2n) is 6.97. The van der Waals surface area contributed by atoms with Gasteiger partial charge in [0.05, 0.1) is 18.5 Å². The monoisotopic (exact) mass is 391 g/mol. The van der Waals surface area contributed by atoms with Crippen LogP contribution < -0.4 is 10.6 Å². The fourth-order valence-electron chi connectivity index (χ4n) is 3.21. The van der Waals surface area contributed by atoms with Crippen LogP contribution in [0.1, 0.15) is 17.0 Å². The predicted molar refractivity (Wildman–Crippen MR) is 107 cm³/mol. The van der Waals surface area contributed by atoms with Crippen LogP contribution in [0.3, 0.4) is 0 Å². The van der Waals surface area contributed by atoms with Gasteiger partial charge in [-0.3, -0.25) is 14.3 Å². The number of amides is 2. The molecule has 1 aromatic carbocycles. The maximum Gasteiger partial charge on any atom is 0.229 e. The predicted octanol–water partition coefficient (Wildman–Crippen LogP) is 1.41. The summed E-state index contributed by atoms with van der Waals surface area (Å²) in [5.41, 5.74) is 2.75. The minimum Gasteiger partial charge on any atom is -0.349 e. The van der Waals surface area contributed by atoms with Crippen molar-refractivity contribution in [2.45, 2.75) is 12.3 Å². The van der Waals surface area contributed by atoms with Gasteiger partial charge in [0.2, 0.25) is 11.8 Å². The van der Waals surface area contributed by atoms with Gasteiger partial charge in [-0.25, -0.2) is 0 Å². The Kier molecular flexibility index (Phi) is 6.98. The summed E-state index contributed by atoms with van der Waals surface area (Å²) in [6.45, 7) is 1.43. The van der Waals surface area contributed by atoms with Crippen molar-refractivity contribution in [3.8, 4) is 0 Å². The van der Waals surface area contributed by atoms with E-state index in [0.29, 0.717) is 13.0 Å². The SMILES string of the molecule is CN(C)C(=O)Cc1ccc(NC(=O)[C@H]2CNC[C@@H]2c2cnn(C)c2)cc1.Cl. The first-order valence-corrected chi connectivity index (χ1v) is 8.73. The molecule has 0 bridgehead atoms. The number of nitrogens with zero attached hydrogens (tertiary/aromatic N) is 3. The van der Waals surface area contributed by atoms with Gasteiger partial charge in [0.15, 0.2) is 0 Å². The maximum atomic E-state index is 12.7. The number of hydrogen-bond acceptors (Lipinski definition) is 4. The standard InChI is InChI=1S/C19H25N5O2.ClH/c1-23(2)18(25)8-13-4-6-15(7-5-13)22-19(26)17-11-20-10-16(17)14-9-21-24(3)12-14;/h4-7,9,12,16-17,20H,8,10-11H2,1-3H3,(H,22,26);1H/t16-,17+;/m1./s1. The molecule has 8 heteroatoms. The van der Waals surface area contributed by atoms with Crippen molar-refractivity contribution >= 4 is 29.9 Å². The zero-order valence-corrected chi connectivity index (χ0v) is 16.6. The van der Waals surface area contributed by atoms with Crippen LogP contribution in [0.25, 0.3) is 0 Å². The molecule has 2 aromatic rings. The van der Waals surface area contributed by atoms with E-state index in [9.17, 15) is 9.59 Å². The summed E-state index contributed by atoms with van der Waals surface area (Å²) in [5, 5.41) is 10.5. The Bertz CT molecular complexity index is 788. The van der Waals surface area contributed by atoms with Crippen molar-refractivity contribution in [2.75, 3.05) is 32.5 Å². The molecule has 2 amide bonds. The molecule has 1 aliphatic heterocycles. The molecule has 2 atom stereocenters. The van der Waals surface area contributed by atoms with Gasteiger partial charge in [-0.2, -0.15) is 5.10 Å². The lowest BCUT2D eigenvalue weighted by Crippen LogP contribution is -2.28. The Labute approximate surface area is 165 Å². The average Bonchev–Trinajstić information content (AvgIpc) is 3.25. The van der Waals surface area contributed by atoms with Gasteiger partial charge in [-0.05, 0) is 23.3 Å². The number of halogens is 1. The summed E-state index contributed by atoms with van der Waals surface area (Å²) >= 11 is 0. The summed E-state index contributed by atoms with van der Waals surface area (Å²) in [7, 11) is 5.36. The van der Waals surface area contributed by atoms with E-state index in [4.69, 9.17) is 0 Å². The molecule has 1 fully saturated rings. The Hall–Kier alpha value is -2.38. The average molecular weight is 392 g/mol. The van der Waals surface area contributed by atoms with Crippen LogP contribution in [0.15, 0.2) is 36.7 Å². The zero-order valence-electron chi connectivity index (χ0n) is 15.8. The molecule has 1 aromatic heterocycles. The van der Waals surface area contributed by atoms with Crippen LogP contribution >= 0.6 is 12.4 Å². The van der Waals surface area contributed by atoms with Crippen LogP contribution in [-0.4, -0.2) is 53.7 Å². The molecule has 2 heterocycles. The molecule has 0 saturated carbocycles. The largest absolute Gasteiger partial charge is 0.349 e. The second-order valence-corrected chi connectivity index (χ2v) is 6.97. The first-order valence-electron chi connectivity index (χ1n) is 8.73. The third kappa shape index (κ3) is 5.08. The second kappa shape index (κ2) is 9.01. The molecule has 7 nitrogen and oxygen atoms in total. The number of rotatable bonds is 5. The Balaban J connectivity index is 0.00000261. The first kappa shape index (κ1) is 20.9.